The Morgan fingerprint density at radius 2 is 1.70 bits per heavy atom. The molecule has 0 saturated heterocycles. The number of hydrogen-bond donors (Lipinski definition) is 2. The van der Waals surface area contributed by atoms with Crippen molar-refractivity contribution < 1.29 is 13.2 Å². The first-order chi connectivity index (χ1) is 13.0. The average Bonchev–Trinajstić information content (AvgIpc) is 3.22. The molecule has 0 aliphatic heterocycles. The van der Waals surface area contributed by atoms with Crippen LogP contribution in [0.2, 0.25) is 5.02 Å². The average molecular weight is 421 g/mol. The zero-order chi connectivity index (χ0) is 19.3. The number of carbonyl (C=O) groups is 1. The largest absolute Gasteiger partial charge is 0.350 e. The van der Waals surface area contributed by atoms with Crippen molar-refractivity contribution in [2.24, 2.45) is 0 Å². The first-order valence-electron chi connectivity index (χ1n) is 8.09. The van der Waals surface area contributed by atoms with Crippen molar-refractivity contribution in [2.75, 3.05) is 0 Å². The van der Waals surface area contributed by atoms with Crippen molar-refractivity contribution in [3.8, 4) is 0 Å². The summed E-state index contributed by atoms with van der Waals surface area (Å²) in [5.41, 5.74) is 1.30. The number of carbonyl (C=O) groups excluding carboxylic acids is 1. The van der Waals surface area contributed by atoms with Crippen LogP contribution in [0.1, 0.15) is 17.2 Å². The Bertz CT molecular complexity index is 1010. The molecule has 1 heterocycles. The fourth-order valence-electron chi connectivity index (χ4n) is 2.47. The molecule has 1 unspecified atom stereocenters. The molecule has 0 bridgehead atoms. The van der Waals surface area contributed by atoms with Gasteiger partial charge < -0.3 is 5.32 Å². The molecule has 2 N–H and O–H groups in total. The van der Waals surface area contributed by atoms with Crippen LogP contribution in [0, 0.1) is 0 Å². The summed E-state index contributed by atoms with van der Waals surface area (Å²) in [7, 11) is -3.82. The van der Waals surface area contributed by atoms with Gasteiger partial charge in [-0.1, -0.05) is 66.2 Å². The lowest BCUT2D eigenvalue weighted by molar-refractivity contribution is -0.123. The van der Waals surface area contributed by atoms with Gasteiger partial charge >= 0.3 is 0 Å². The second-order valence-corrected chi connectivity index (χ2v) is 9.00. The first-order valence-corrected chi connectivity index (χ1v) is 10.8. The van der Waals surface area contributed by atoms with E-state index >= 15 is 0 Å². The van der Waals surface area contributed by atoms with E-state index < -0.39 is 22.0 Å². The second kappa shape index (κ2) is 8.67. The molecule has 0 radical (unpaired) electrons. The van der Waals surface area contributed by atoms with Gasteiger partial charge in [-0.05, 0) is 28.6 Å². The molecule has 0 aliphatic carbocycles. The van der Waals surface area contributed by atoms with Crippen LogP contribution >= 0.6 is 22.9 Å². The number of rotatable bonds is 7. The molecule has 0 fully saturated rings. The van der Waals surface area contributed by atoms with Gasteiger partial charge in [-0.3, -0.25) is 4.79 Å². The Kier molecular flexibility index (Phi) is 6.28. The maximum atomic E-state index is 12.8. The number of sulfonamides is 1. The fourth-order valence-corrected chi connectivity index (χ4v) is 4.87. The first kappa shape index (κ1) is 19.6. The second-order valence-electron chi connectivity index (χ2n) is 5.71. The number of halogens is 1. The third-order valence-corrected chi connectivity index (χ3v) is 7.03. The smallest absolute Gasteiger partial charge is 0.251 e. The summed E-state index contributed by atoms with van der Waals surface area (Å²) in [6.07, 6.45) is 0. The number of thiophene rings is 1. The van der Waals surface area contributed by atoms with E-state index in [2.05, 4.69) is 10.0 Å². The Labute approximate surface area is 167 Å². The van der Waals surface area contributed by atoms with Gasteiger partial charge in [-0.2, -0.15) is 4.72 Å². The van der Waals surface area contributed by atoms with Crippen LogP contribution in [0.5, 0.6) is 0 Å². The minimum Gasteiger partial charge on any atom is -0.350 e. The minimum atomic E-state index is -3.82. The van der Waals surface area contributed by atoms with Crippen molar-refractivity contribution in [3.05, 3.63) is 88.3 Å². The van der Waals surface area contributed by atoms with Gasteiger partial charge in [0.25, 0.3) is 10.0 Å². The van der Waals surface area contributed by atoms with Gasteiger partial charge in [0.15, 0.2) is 0 Å². The maximum absolute atomic E-state index is 12.8. The van der Waals surface area contributed by atoms with Crippen LogP contribution in [0.3, 0.4) is 0 Å². The third-order valence-electron chi connectivity index (χ3n) is 3.84. The van der Waals surface area contributed by atoms with Crippen LogP contribution in [-0.2, 0) is 21.4 Å². The Morgan fingerprint density at radius 1 is 1.00 bits per heavy atom. The summed E-state index contributed by atoms with van der Waals surface area (Å²) in [6, 6.07) is 18.0. The molecular formula is C19H17ClN2O3S2. The zero-order valence-corrected chi connectivity index (χ0v) is 16.5. The molecule has 27 heavy (non-hydrogen) atoms. The Balaban J connectivity index is 1.82. The summed E-state index contributed by atoms with van der Waals surface area (Å²) in [5, 5.41) is 4.96. The third kappa shape index (κ3) is 4.95. The molecule has 140 valence electrons. The molecule has 3 aromatic rings. The van der Waals surface area contributed by atoms with E-state index in [9.17, 15) is 13.2 Å². The topological polar surface area (TPSA) is 75.3 Å². The maximum Gasteiger partial charge on any atom is 0.251 e. The molecule has 1 aromatic heterocycles. The van der Waals surface area contributed by atoms with Crippen LogP contribution in [0.25, 0.3) is 0 Å². The van der Waals surface area contributed by atoms with E-state index in [4.69, 9.17) is 11.6 Å². The van der Waals surface area contributed by atoms with E-state index in [0.717, 1.165) is 16.9 Å². The summed E-state index contributed by atoms with van der Waals surface area (Å²) in [4.78, 5) is 12.8. The van der Waals surface area contributed by atoms with Gasteiger partial charge in [0.2, 0.25) is 5.91 Å². The molecule has 0 saturated carbocycles. The molecule has 1 atom stereocenters. The molecule has 5 nitrogen and oxygen atoms in total. The van der Waals surface area contributed by atoms with Crippen LogP contribution in [-0.4, -0.2) is 14.3 Å². The fraction of sp³-hybridized carbons (Fsp3) is 0.105. The number of amides is 1. The quantitative estimate of drug-likeness (QED) is 0.611. The van der Waals surface area contributed by atoms with Crippen LogP contribution < -0.4 is 10.0 Å². The van der Waals surface area contributed by atoms with Crippen LogP contribution in [0.15, 0.2) is 76.3 Å². The highest BCUT2D eigenvalue weighted by Crippen LogP contribution is 2.21. The van der Waals surface area contributed by atoms with Crippen molar-refractivity contribution in [2.45, 2.75) is 16.8 Å². The van der Waals surface area contributed by atoms with E-state index in [1.54, 1.807) is 60.0 Å². The molecular weight excluding hydrogens is 404 g/mol. The SMILES string of the molecule is O=C(NCc1ccccc1Cl)C(NS(=O)(=O)c1cccs1)c1ccccc1. The molecule has 0 aliphatic rings. The number of hydrogen-bond acceptors (Lipinski definition) is 4. The number of nitrogens with one attached hydrogen (secondary N) is 2. The van der Waals surface area contributed by atoms with Crippen molar-refractivity contribution >= 4 is 38.9 Å². The lowest BCUT2D eigenvalue weighted by Gasteiger charge is -2.19. The standard InChI is InChI=1S/C19H17ClN2O3S2/c20-16-10-5-4-9-15(16)13-21-19(23)18(14-7-2-1-3-8-14)22-27(24,25)17-11-6-12-26-17/h1-12,18,22H,13H2,(H,21,23). The predicted molar refractivity (Wildman–Crippen MR) is 107 cm³/mol. The minimum absolute atomic E-state index is 0.155. The Morgan fingerprint density at radius 3 is 2.37 bits per heavy atom. The summed E-state index contributed by atoms with van der Waals surface area (Å²) < 4.78 is 27.9. The summed E-state index contributed by atoms with van der Waals surface area (Å²) >= 11 is 7.21. The highest BCUT2D eigenvalue weighted by atomic mass is 35.5. The highest BCUT2D eigenvalue weighted by Gasteiger charge is 2.27. The lowest BCUT2D eigenvalue weighted by Crippen LogP contribution is -2.40. The van der Waals surface area contributed by atoms with E-state index in [0.29, 0.717) is 10.6 Å². The van der Waals surface area contributed by atoms with E-state index in [1.165, 1.54) is 6.07 Å². The van der Waals surface area contributed by atoms with Gasteiger partial charge in [-0.15, -0.1) is 11.3 Å². The highest BCUT2D eigenvalue weighted by molar-refractivity contribution is 7.91. The zero-order valence-electron chi connectivity index (χ0n) is 14.1. The normalized spacial score (nSPS) is 12.5. The number of benzene rings is 2. The molecule has 3 rings (SSSR count). The van der Waals surface area contributed by atoms with Gasteiger partial charge in [0, 0.05) is 11.6 Å². The monoisotopic (exact) mass is 420 g/mol. The lowest BCUT2D eigenvalue weighted by atomic mass is 10.1. The summed E-state index contributed by atoms with van der Waals surface area (Å²) in [5.74, 6) is -0.457. The van der Waals surface area contributed by atoms with Gasteiger partial charge in [0.1, 0.15) is 10.3 Å². The summed E-state index contributed by atoms with van der Waals surface area (Å²) in [6.45, 7) is 0.197. The van der Waals surface area contributed by atoms with E-state index in [1.807, 2.05) is 6.07 Å². The van der Waals surface area contributed by atoms with Crippen molar-refractivity contribution in [1.82, 2.24) is 10.0 Å². The van der Waals surface area contributed by atoms with Gasteiger partial charge in [-0.25, -0.2) is 8.42 Å². The molecule has 2 aromatic carbocycles. The van der Waals surface area contributed by atoms with Crippen molar-refractivity contribution in [1.29, 1.82) is 0 Å². The van der Waals surface area contributed by atoms with Crippen LogP contribution in [0.4, 0.5) is 0 Å². The molecule has 0 spiro atoms. The molecule has 8 heteroatoms. The molecule has 1 amide bonds. The predicted octanol–water partition coefficient (Wildman–Crippen LogP) is 3.74. The Hall–Kier alpha value is -2.19. The van der Waals surface area contributed by atoms with Gasteiger partial charge in [0.05, 0.1) is 0 Å². The van der Waals surface area contributed by atoms with E-state index in [-0.39, 0.29) is 10.8 Å². The van der Waals surface area contributed by atoms with Crippen molar-refractivity contribution in [3.63, 3.8) is 0 Å².